The van der Waals surface area contributed by atoms with E-state index in [-0.39, 0.29) is 4.21 Å². The van der Waals surface area contributed by atoms with Gasteiger partial charge in [0.15, 0.2) is 0 Å². The molecule has 0 radical (unpaired) electrons. The van der Waals surface area contributed by atoms with Gasteiger partial charge in [-0.2, -0.15) is 18.6 Å². The maximum Gasteiger partial charge on any atom is 0.304 e. The maximum atomic E-state index is 12.1. The van der Waals surface area contributed by atoms with Crippen molar-refractivity contribution in [2.45, 2.75) is 93.5 Å². The van der Waals surface area contributed by atoms with Crippen LogP contribution in [0.25, 0.3) is 32.5 Å². The average Bonchev–Trinajstić information content (AvgIpc) is 3.96. The van der Waals surface area contributed by atoms with Gasteiger partial charge in [-0.3, -0.25) is 4.55 Å². The van der Waals surface area contributed by atoms with E-state index in [4.69, 9.17) is 56.6 Å². The standard InChI is InChI=1S/C43H45Cl4N5O5S3/c1-50(19-4-2-12-35(53)38-29-10-6-8-25-18-21-58-42(25)40(29)51(48-38)33-16-14-27(44)23-31(33)46)20-5-3-13-36(54)39-30-11-7-9-26-22-37(60(55,56)57)59-43(26)41(30)52(49-39)34-17-15-28(45)24-32(34)47/h14-18,21-24,35-36,53-54H,2-13,19-20H2,1H3,(H,55,56,57). The summed E-state index contributed by atoms with van der Waals surface area (Å²) in [6.45, 7) is 1.72. The van der Waals surface area contributed by atoms with Gasteiger partial charge in [0.05, 0.1) is 66.2 Å². The number of fused-ring (bicyclic) bond motifs is 6. The van der Waals surface area contributed by atoms with E-state index in [1.165, 1.54) is 16.5 Å². The van der Waals surface area contributed by atoms with E-state index in [0.29, 0.717) is 67.7 Å². The van der Waals surface area contributed by atoms with Gasteiger partial charge in [0.1, 0.15) is 4.21 Å². The predicted octanol–water partition coefficient (Wildman–Crippen LogP) is 11.4. The van der Waals surface area contributed by atoms with Gasteiger partial charge in [-0.1, -0.05) is 46.4 Å². The molecular weight excluding hydrogens is 905 g/mol. The molecule has 318 valence electrons. The summed E-state index contributed by atoms with van der Waals surface area (Å²) in [6.07, 6.45) is 7.71. The number of hydrogen-bond donors (Lipinski definition) is 3. The monoisotopic (exact) mass is 947 g/mol. The number of benzene rings is 2. The third kappa shape index (κ3) is 9.14. The first-order chi connectivity index (χ1) is 28.8. The fourth-order valence-electron chi connectivity index (χ4n) is 8.48. The van der Waals surface area contributed by atoms with Gasteiger partial charge in [0.25, 0.3) is 0 Å². The number of thiophene rings is 2. The molecule has 4 heterocycles. The molecule has 0 aliphatic heterocycles. The fraction of sp³-hybridized carbons (Fsp3) is 0.395. The van der Waals surface area contributed by atoms with Crippen LogP contribution in [-0.2, 0) is 35.8 Å². The largest absolute Gasteiger partial charge is 0.387 e. The van der Waals surface area contributed by atoms with Crippen molar-refractivity contribution >= 4 is 79.2 Å². The van der Waals surface area contributed by atoms with Crippen LogP contribution < -0.4 is 0 Å². The van der Waals surface area contributed by atoms with Crippen molar-refractivity contribution < 1.29 is 23.2 Å². The Balaban J connectivity index is 0.888. The Morgan fingerprint density at radius 3 is 1.75 bits per heavy atom. The van der Waals surface area contributed by atoms with Crippen molar-refractivity contribution in [2.75, 3.05) is 20.1 Å². The van der Waals surface area contributed by atoms with Crippen LogP contribution in [0.2, 0.25) is 20.1 Å². The zero-order valence-electron chi connectivity index (χ0n) is 32.9. The lowest BCUT2D eigenvalue weighted by molar-refractivity contribution is 0.153. The molecule has 2 aliphatic rings. The van der Waals surface area contributed by atoms with Crippen LogP contribution in [0.15, 0.2) is 58.1 Å². The predicted molar refractivity (Wildman–Crippen MR) is 243 cm³/mol. The molecule has 0 saturated heterocycles. The zero-order valence-corrected chi connectivity index (χ0v) is 38.4. The van der Waals surface area contributed by atoms with Gasteiger partial charge in [0.2, 0.25) is 0 Å². The van der Waals surface area contributed by atoms with E-state index in [1.54, 1.807) is 40.3 Å². The summed E-state index contributed by atoms with van der Waals surface area (Å²) in [4.78, 5) is 4.15. The Labute approximate surface area is 378 Å². The minimum Gasteiger partial charge on any atom is -0.387 e. The summed E-state index contributed by atoms with van der Waals surface area (Å²) in [7, 11) is -2.31. The number of aryl methyl sites for hydroxylation is 2. The molecule has 60 heavy (non-hydrogen) atoms. The summed E-state index contributed by atoms with van der Waals surface area (Å²) in [5.41, 5.74) is 8.31. The van der Waals surface area contributed by atoms with E-state index < -0.39 is 22.3 Å². The first kappa shape index (κ1) is 43.8. The molecule has 2 aliphatic carbocycles. The van der Waals surface area contributed by atoms with Crippen LogP contribution >= 0.6 is 69.1 Å². The highest BCUT2D eigenvalue weighted by Crippen LogP contribution is 2.45. The van der Waals surface area contributed by atoms with Crippen LogP contribution in [0.1, 0.15) is 97.2 Å². The molecule has 3 N–H and O–H groups in total. The van der Waals surface area contributed by atoms with Gasteiger partial charge < -0.3 is 15.1 Å². The number of aliphatic hydroxyl groups is 2. The third-order valence-electron chi connectivity index (χ3n) is 11.4. The average molecular weight is 950 g/mol. The number of halogens is 4. The molecular formula is C43H45Cl4N5O5S3. The Morgan fingerprint density at radius 1 is 0.717 bits per heavy atom. The highest BCUT2D eigenvalue weighted by atomic mass is 35.5. The number of aromatic nitrogens is 4. The molecule has 2 atom stereocenters. The van der Waals surface area contributed by atoms with Crippen molar-refractivity contribution in [3.8, 4) is 32.5 Å². The Bertz CT molecular complexity index is 2640. The van der Waals surface area contributed by atoms with Crippen molar-refractivity contribution in [2.24, 2.45) is 0 Å². The summed E-state index contributed by atoms with van der Waals surface area (Å²) in [6, 6.07) is 14.2. The molecule has 0 fully saturated rings. The summed E-state index contributed by atoms with van der Waals surface area (Å²) in [5.74, 6) is 0. The molecule has 4 aromatic heterocycles. The van der Waals surface area contributed by atoms with Crippen LogP contribution in [0, 0.1) is 0 Å². The van der Waals surface area contributed by atoms with Gasteiger partial charge in [-0.25, -0.2) is 9.36 Å². The molecule has 0 saturated carbocycles. The van der Waals surface area contributed by atoms with Crippen molar-refractivity contribution in [3.63, 3.8) is 0 Å². The van der Waals surface area contributed by atoms with Crippen LogP contribution in [-0.4, -0.2) is 67.8 Å². The molecule has 0 spiro atoms. The quantitative estimate of drug-likeness (QED) is 0.0684. The molecule has 2 aromatic carbocycles. The highest BCUT2D eigenvalue weighted by Gasteiger charge is 2.32. The molecule has 0 amide bonds. The molecule has 10 nitrogen and oxygen atoms in total. The lowest BCUT2D eigenvalue weighted by Crippen LogP contribution is -2.21. The SMILES string of the molecule is CN(CCCCC(O)c1nn(-c2ccc(Cl)cc2Cl)c2c1CCCc1ccsc1-2)CCCCC(O)c1nn(-c2ccc(Cl)cc2Cl)c2c1CCCc1cc(S(=O)(=O)O)sc1-2. The normalized spacial score (nSPS) is 14.9. The van der Waals surface area contributed by atoms with Gasteiger partial charge in [-0.05, 0) is 162 Å². The number of aliphatic hydroxyl groups excluding tert-OH is 2. The number of rotatable bonds is 15. The first-order valence-electron chi connectivity index (χ1n) is 20.1. The first-order valence-corrected chi connectivity index (χ1v) is 24.8. The van der Waals surface area contributed by atoms with E-state index >= 15 is 0 Å². The van der Waals surface area contributed by atoms with Crippen LogP contribution in [0.5, 0.6) is 0 Å². The van der Waals surface area contributed by atoms with Gasteiger partial charge >= 0.3 is 10.1 Å². The fourth-order valence-corrected chi connectivity index (χ4v) is 12.4. The minimum absolute atomic E-state index is 0.128. The Kier molecular flexibility index (Phi) is 13.5. The summed E-state index contributed by atoms with van der Waals surface area (Å²) >= 11 is 28.5. The molecule has 6 aromatic rings. The minimum atomic E-state index is -4.41. The maximum absolute atomic E-state index is 12.1. The Morgan fingerprint density at radius 2 is 1.23 bits per heavy atom. The van der Waals surface area contributed by atoms with E-state index in [1.807, 2.05) is 16.8 Å². The summed E-state index contributed by atoms with van der Waals surface area (Å²) < 4.78 is 37.6. The van der Waals surface area contributed by atoms with E-state index in [2.05, 4.69) is 23.4 Å². The molecule has 17 heteroatoms. The number of hydrogen-bond acceptors (Lipinski definition) is 9. The Hall–Kier alpha value is -2.79. The van der Waals surface area contributed by atoms with Gasteiger partial charge in [-0.15, -0.1) is 22.7 Å². The van der Waals surface area contributed by atoms with Crippen molar-refractivity contribution in [1.82, 2.24) is 24.5 Å². The second-order valence-corrected chi connectivity index (χ2v) is 20.9. The number of unbranched alkanes of at least 4 members (excludes halogenated alkanes) is 2. The molecule has 2 unspecified atom stereocenters. The topological polar surface area (TPSA) is 134 Å². The highest BCUT2D eigenvalue weighted by molar-refractivity contribution is 7.88. The zero-order chi connectivity index (χ0) is 42.3. The van der Waals surface area contributed by atoms with Gasteiger partial charge in [0, 0.05) is 21.2 Å². The van der Waals surface area contributed by atoms with Crippen LogP contribution in [0.4, 0.5) is 0 Å². The lowest BCUT2D eigenvalue weighted by Gasteiger charge is -2.17. The van der Waals surface area contributed by atoms with Crippen LogP contribution in [0.3, 0.4) is 0 Å². The third-order valence-corrected chi connectivity index (χ3v) is 16.0. The van der Waals surface area contributed by atoms with E-state index in [0.717, 1.165) is 110 Å². The number of nitrogens with zero attached hydrogens (tertiary/aromatic N) is 5. The second-order valence-electron chi connectivity index (χ2n) is 15.6. The lowest BCUT2D eigenvalue weighted by atomic mass is 10.0. The smallest absolute Gasteiger partial charge is 0.304 e. The molecule has 0 bridgehead atoms. The van der Waals surface area contributed by atoms with Crippen molar-refractivity contribution in [1.29, 1.82) is 0 Å². The van der Waals surface area contributed by atoms with E-state index in [9.17, 15) is 23.2 Å². The van der Waals surface area contributed by atoms with Crippen molar-refractivity contribution in [3.05, 3.63) is 108 Å². The summed E-state index contributed by atoms with van der Waals surface area (Å²) in [5, 5.41) is 37.1. The molecule has 8 rings (SSSR count). The second kappa shape index (κ2) is 18.5.